The maximum absolute atomic E-state index is 12.7. The first-order valence-corrected chi connectivity index (χ1v) is 9.55. The van der Waals surface area contributed by atoms with Crippen LogP contribution in [-0.2, 0) is 10.0 Å². The summed E-state index contributed by atoms with van der Waals surface area (Å²) in [5.74, 6) is 0.644. The summed E-state index contributed by atoms with van der Waals surface area (Å²) in [6, 6.07) is 7.01. The molecule has 1 saturated heterocycles. The molecule has 0 amide bonds. The Balaban J connectivity index is 1.62. The van der Waals surface area contributed by atoms with Crippen LogP contribution in [0.1, 0.15) is 12.8 Å². The van der Waals surface area contributed by atoms with Gasteiger partial charge in [0, 0.05) is 32.2 Å². The summed E-state index contributed by atoms with van der Waals surface area (Å²) in [4.78, 5) is 2.35. The Morgan fingerprint density at radius 1 is 1.17 bits per heavy atom. The lowest BCUT2D eigenvalue weighted by molar-refractivity contribution is 0.264. The number of piperazine rings is 1. The van der Waals surface area contributed by atoms with Crippen LogP contribution in [0.2, 0.25) is 0 Å². The highest BCUT2D eigenvalue weighted by atomic mass is 32.2. The van der Waals surface area contributed by atoms with E-state index < -0.39 is 10.0 Å². The average Bonchev–Trinajstić information content (AvgIpc) is 3.39. The first-order valence-electron chi connectivity index (χ1n) is 7.70. The normalized spacial score (nSPS) is 19.4. The monoisotopic (exact) mass is 355 g/mol. The predicted octanol–water partition coefficient (Wildman–Crippen LogP) is 1.04. The van der Waals surface area contributed by atoms with Gasteiger partial charge in [0.15, 0.2) is 5.11 Å². The molecule has 23 heavy (non-hydrogen) atoms. The molecule has 0 spiro atoms. The molecule has 2 aliphatic rings. The van der Waals surface area contributed by atoms with E-state index in [4.69, 9.17) is 17.0 Å². The van der Waals surface area contributed by atoms with Gasteiger partial charge in [-0.2, -0.15) is 4.31 Å². The van der Waals surface area contributed by atoms with Crippen molar-refractivity contribution in [2.45, 2.75) is 23.8 Å². The fraction of sp³-hybridized carbons (Fsp3) is 0.533. The molecule has 0 atom stereocenters. The van der Waals surface area contributed by atoms with Gasteiger partial charge < -0.3 is 15.0 Å². The van der Waals surface area contributed by atoms with Crippen molar-refractivity contribution in [2.24, 2.45) is 0 Å². The minimum atomic E-state index is -3.46. The second-order valence-electron chi connectivity index (χ2n) is 5.79. The maximum Gasteiger partial charge on any atom is 0.243 e. The van der Waals surface area contributed by atoms with Crippen molar-refractivity contribution >= 4 is 27.4 Å². The standard InChI is InChI=1S/C15H21N3O3S2/c1-21-13-4-6-14(7-5-13)23(19,20)18-10-8-17(9-11-18)15(22)16-12-2-3-12/h4-7,12H,2-3,8-11H2,1H3,(H,16,22). The number of hydrogen-bond acceptors (Lipinski definition) is 4. The molecule has 1 aliphatic carbocycles. The number of ether oxygens (including phenoxy) is 1. The predicted molar refractivity (Wildman–Crippen MR) is 92.1 cm³/mol. The van der Waals surface area contributed by atoms with Crippen molar-refractivity contribution in [1.29, 1.82) is 0 Å². The Morgan fingerprint density at radius 2 is 1.78 bits per heavy atom. The molecule has 8 heteroatoms. The van der Waals surface area contributed by atoms with Crippen molar-refractivity contribution < 1.29 is 13.2 Å². The van der Waals surface area contributed by atoms with E-state index in [2.05, 4.69) is 5.32 Å². The lowest BCUT2D eigenvalue weighted by Gasteiger charge is -2.35. The molecular weight excluding hydrogens is 334 g/mol. The fourth-order valence-electron chi connectivity index (χ4n) is 2.52. The summed E-state index contributed by atoms with van der Waals surface area (Å²) in [7, 11) is -1.90. The van der Waals surface area contributed by atoms with E-state index in [9.17, 15) is 8.42 Å². The number of nitrogens with zero attached hydrogens (tertiary/aromatic N) is 2. The van der Waals surface area contributed by atoms with Gasteiger partial charge in [0.05, 0.1) is 12.0 Å². The average molecular weight is 355 g/mol. The maximum atomic E-state index is 12.7. The molecule has 1 N–H and O–H groups in total. The number of sulfonamides is 1. The summed E-state index contributed by atoms with van der Waals surface area (Å²) in [5.41, 5.74) is 0. The second-order valence-corrected chi connectivity index (χ2v) is 8.12. The van der Waals surface area contributed by atoms with Crippen LogP contribution in [0.5, 0.6) is 5.75 Å². The van der Waals surface area contributed by atoms with Gasteiger partial charge in [-0.05, 0) is 49.3 Å². The molecule has 1 aliphatic heterocycles. The van der Waals surface area contributed by atoms with Crippen LogP contribution in [-0.4, -0.2) is 62.1 Å². The third-order valence-electron chi connectivity index (χ3n) is 4.13. The molecule has 126 valence electrons. The molecule has 1 aromatic rings. The van der Waals surface area contributed by atoms with Gasteiger partial charge in [-0.1, -0.05) is 0 Å². The zero-order valence-electron chi connectivity index (χ0n) is 13.1. The largest absolute Gasteiger partial charge is 0.497 e. The molecule has 1 saturated carbocycles. The van der Waals surface area contributed by atoms with Crippen LogP contribution < -0.4 is 10.1 Å². The minimum Gasteiger partial charge on any atom is -0.497 e. The third kappa shape index (κ3) is 3.76. The Bertz CT molecular complexity index is 664. The summed E-state index contributed by atoms with van der Waals surface area (Å²) < 4.78 is 31.9. The van der Waals surface area contributed by atoms with E-state index in [0.29, 0.717) is 42.9 Å². The van der Waals surface area contributed by atoms with Gasteiger partial charge in [0.2, 0.25) is 10.0 Å². The zero-order chi connectivity index (χ0) is 16.4. The van der Waals surface area contributed by atoms with Crippen LogP contribution in [0, 0.1) is 0 Å². The van der Waals surface area contributed by atoms with Crippen molar-refractivity contribution in [1.82, 2.24) is 14.5 Å². The Kier molecular flexibility index (Phi) is 4.74. The number of nitrogens with one attached hydrogen (secondary N) is 1. The third-order valence-corrected chi connectivity index (χ3v) is 6.42. The summed E-state index contributed by atoms with van der Waals surface area (Å²) in [6.45, 7) is 2.13. The fourth-order valence-corrected chi connectivity index (χ4v) is 4.29. The van der Waals surface area contributed by atoms with Crippen LogP contribution in [0.15, 0.2) is 29.2 Å². The summed E-state index contributed by atoms with van der Waals surface area (Å²) in [6.07, 6.45) is 2.35. The van der Waals surface area contributed by atoms with Gasteiger partial charge in [-0.15, -0.1) is 0 Å². The van der Waals surface area contributed by atoms with Crippen molar-refractivity contribution in [2.75, 3.05) is 33.3 Å². The highest BCUT2D eigenvalue weighted by Gasteiger charge is 2.30. The quantitative estimate of drug-likeness (QED) is 0.815. The number of benzene rings is 1. The molecule has 1 heterocycles. The smallest absolute Gasteiger partial charge is 0.243 e. The first-order chi connectivity index (χ1) is 11.0. The van der Waals surface area contributed by atoms with Crippen molar-refractivity contribution in [3.63, 3.8) is 0 Å². The lowest BCUT2D eigenvalue weighted by Crippen LogP contribution is -2.53. The topological polar surface area (TPSA) is 61.9 Å². The number of methoxy groups -OCH3 is 1. The van der Waals surface area contributed by atoms with Gasteiger partial charge in [-0.25, -0.2) is 8.42 Å². The van der Waals surface area contributed by atoms with Crippen molar-refractivity contribution in [3.8, 4) is 5.75 Å². The molecule has 2 fully saturated rings. The lowest BCUT2D eigenvalue weighted by atomic mass is 10.3. The zero-order valence-corrected chi connectivity index (χ0v) is 14.7. The van der Waals surface area contributed by atoms with Gasteiger partial charge >= 0.3 is 0 Å². The van der Waals surface area contributed by atoms with Crippen molar-refractivity contribution in [3.05, 3.63) is 24.3 Å². The summed E-state index contributed by atoms with van der Waals surface area (Å²) >= 11 is 5.38. The van der Waals surface area contributed by atoms with E-state index in [1.54, 1.807) is 31.4 Å². The number of rotatable bonds is 4. The van der Waals surface area contributed by atoms with Crippen LogP contribution >= 0.6 is 12.2 Å². The van der Waals surface area contributed by atoms with E-state index in [-0.39, 0.29) is 0 Å². The number of thiocarbonyl (C=S) groups is 1. The SMILES string of the molecule is COc1ccc(S(=O)(=O)N2CCN(C(=S)NC3CC3)CC2)cc1. The molecule has 0 bridgehead atoms. The summed E-state index contributed by atoms with van der Waals surface area (Å²) in [5, 5.41) is 4.04. The Labute approximate surface area is 142 Å². The Hall–Kier alpha value is -1.38. The minimum absolute atomic E-state index is 0.297. The second kappa shape index (κ2) is 6.62. The first kappa shape index (κ1) is 16.5. The van der Waals surface area contributed by atoms with E-state index >= 15 is 0 Å². The molecule has 0 unspecified atom stereocenters. The highest BCUT2D eigenvalue weighted by molar-refractivity contribution is 7.89. The molecule has 0 aromatic heterocycles. The van der Waals surface area contributed by atoms with E-state index in [1.165, 1.54) is 17.1 Å². The van der Waals surface area contributed by atoms with Gasteiger partial charge in [0.1, 0.15) is 5.75 Å². The molecule has 3 rings (SSSR count). The van der Waals surface area contributed by atoms with E-state index in [0.717, 1.165) is 5.11 Å². The molecular formula is C15H21N3O3S2. The number of hydrogen-bond donors (Lipinski definition) is 1. The van der Waals surface area contributed by atoms with Crippen LogP contribution in [0.4, 0.5) is 0 Å². The van der Waals surface area contributed by atoms with Crippen LogP contribution in [0.25, 0.3) is 0 Å². The highest BCUT2D eigenvalue weighted by Crippen LogP contribution is 2.22. The molecule has 1 aromatic carbocycles. The van der Waals surface area contributed by atoms with Gasteiger partial charge in [0.25, 0.3) is 0 Å². The van der Waals surface area contributed by atoms with E-state index in [1.807, 2.05) is 4.90 Å². The molecule has 0 radical (unpaired) electrons. The molecule has 6 nitrogen and oxygen atoms in total. The van der Waals surface area contributed by atoms with Gasteiger partial charge in [-0.3, -0.25) is 0 Å². The Morgan fingerprint density at radius 3 is 2.30 bits per heavy atom. The van der Waals surface area contributed by atoms with Crippen LogP contribution in [0.3, 0.4) is 0 Å².